The molecular weight excluding hydrogens is 358 g/mol. The molecule has 3 rings (SSSR count). The molecule has 1 aromatic heterocycles. The van der Waals surface area contributed by atoms with Crippen LogP contribution in [0.2, 0.25) is 0 Å². The Morgan fingerprint density at radius 1 is 1.19 bits per heavy atom. The van der Waals surface area contributed by atoms with E-state index in [9.17, 15) is 13.6 Å². The van der Waals surface area contributed by atoms with Crippen LogP contribution in [0.25, 0.3) is 10.2 Å². The molecule has 0 fully saturated rings. The molecule has 0 spiro atoms. The highest BCUT2D eigenvalue weighted by Gasteiger charge is 2.14. The molecule has 1 atom stereocenters. The van der Waals surface area contributed by atoms with Crippen molar-refractivity contribution in [1.29, 1.82) is 0 Å². The zero-order valence-corrected chi connectivity index (χ0v) is 14.9. The zero-order valence-electron chi connectivity index (χ0n) is 14.1. The summed E-state index contributed by atoms with van der Waals surface area (Å²) in [6.07, 6.45) is 0. The maximum absolute atomic E-state index is 13.3. The lowest BCUT2D eigenvalue weighted by molar-refractivity contribution is -0.121. The number of anilines is 1. The van der Waals surface area contributed by atoms with Crippen LogP contribution in [0.1, 0.15) is 19.4 Å². The third-order valence-electron chi connectivity index (χ3n) is 3.70. The SMILES string of the molecule is C/C(=N/NC(=O)[C@@H](C)Nc1nc2ccccc2s1)c1ccc(F)c(F)c1. The van der Waals surface area contributed by atoms with E-state index in [1.165, 1.54) is 17.4 Å². The van der Waals surface area contributed by atoms with Crippen molar-refractivity contribution in [3.8, 4) is 0 Å². The topological polar surface area (TPSA) is 66.4 Å². The molecule has 1 amide bonds. The summed E-state index contributed by atoms with van der Waals surface area (Å²) in [4.78, 5) is 16.6. The number of halogens is 2. The van der Waals surface area contributed by atoms with Gasteiger partial charge in [-0.05, 0) is 44.2 Å². The number of hydrogen-bond donors (Lipinski definition) is 2. The number of aromatic nitrogens is 1. The first-order chi connectivity index (χ1) is 12.4. The van der Waals surface area contributed by atoms with Crippen LogP contribution in [-0.2, 0) is 4.79 Å². The number of nitrogens with one attached hydrogen (secondary N) is 2. The minimum Gasteiger partial charge on any atom is -0.350 e. The Labute approximate surface area is 152 Å². The summed E-state index contributed by atoms with van der Waals surface area (Å²) in [6.45, 7) is 3.28. The van der Waals surface area contributed by atoms with E-state index in [2.05, 4.69) is 20.8 Å². The number of amides is 1. The van der Waals surface area contributed by atoms with Gasteiger partial charge in [0.15, 0.2) is 16.8 Å². The van der Waals surface area contributed by atoms with Crippen LogP contribution >= 0.6 is 11.3 Å². The maximum Gasteiger partial charge on any atom is 0.262 e. The predicted molar refractivity (Wildman–Crippen MR) is 99.4 cm³/mol. The van der Waals surface area contributed by atoms with Crippen molar-refractivity contribution >= 4 is 38.3 Å². The molecule has 5 nitrogen and oxygen atoms in total. The van der Waals surface area contributed by atoms with Gasteiger partial charge in [-0.15, -0.1) is 0 Å². The molecule has 0 saturated carbocycles. The van der Waals surface area contributed by atoms with Crippen molar-refractivity contribution in [2.75, 3.05) is 5.32 Å². The molecule has 0 bridgehead atoms. The molecule has 0 saturated heterocycles. The average Bonchev–Trinajstić information content (AvgIpc) is 3.03. The summed E-state index contributed by atoms with van der Waals surface area (Å²) in [6, 6.07) is 10.6. The third-order valence-corrected chi connectivity index (χ3v) is 4.67. The van der Waals surface area contributed by atoms with Gasteiger partial charge in [0.2, 0.25) is 0 Å². The van der Waals surface area contributed by atoms with E-state index < -0.39 is 17.7 Å². The summed E-state index contributed by atoms with van der Waals surface area (Å²) in [5.74, 6) is -2.26. The highest BCUT2D eigenvalue weighted by molar-refractivity contribution is 7.22. The number of hydrazone groups is 1. The quantitative estimate of drug-likeness (QED) is 0.526. The second-order valence-electron chi connectivity index (χ2n) is 5.65. The number of hydrogen-bond acceptors (Lipinski definition) is 5. The molecule has 8 heteroatoms. The zero-order chi connectivity index (χ0) is 18.7. The van der Waals surface area contributed by atoms with E-state index in [4.69, 9.17) is 0 Å². The fourth-order valence-electron chi connectivity index (χ4n) is 2.21. The first-order valence-electron chi connectivity index (χ1n) is 7.85. The molecular formula is C18H16F2N4OS. The number of thiazole rings is 1. The molecule has 3 aromatic rings. The lowest BCUT2D eigenvalue weighted by atomic mass is 10.1. The van der Waals surface area contributed by atoms with Gasteiger partial charge in [-0.2, -0.15) is 5.10 Å². The van der Waals surface area contributed by atoms with Gasteiger partial charge in [0.1, 0.15) is 6.04 Å². The molecule has 134 valence electrons. The number of nitrogens with zero attached hydrogens (tertiary/aromatic N) is 2. The van der Waals surface area contributed by atoms with Gasteiger partial charge in [0, 0.05) is 5.56 Å². The van der Waals surface area contributed by atoms with Crippen molar-refractivity contribution < 1.29 is 13.6 Å². The van der Waals surface area contributed by atoms with Crippen LogP contribution in [0.4, 0.5) is 13.9 Å². The minimum atomic E-state index is -0.964. The van der Waals surface area contributed by atoms with Crippen LogP contribution < -0.4 is 10.7 Å². The summed E-state index contributed by atoms with van der Waals surface area (Å²) >= 11 is 1.45. The van der Waals surface area contributed by atoms with Crippen molar-refractivity contribution in [3.63, 3.8) is 0 Å². The van der Waals surface area contributed by atoms with Gasteiger partial charge < -0.3 is 5.32 Å². The molecule has 1 heterocycles. The molecule has 0 aliphatic carbocycles. The summed E-state index contributed by atoms with van der Waals surface area (Å²) in [5, 5.41) is 7.60. The van der Waals surface area contributed by atoms with Crippen molar-refractivity contribution in [1.82, 2.24) is 10.4 Å². The first-order valence-corrected chi connectivity index (χ1v) is 8.67. The molecule has 0 aliphatic heterocycles. The van der Waals surface area contributed by atoms with Gasteiger partial charge in [-0.3, -0.25) is 4.79 Å². The summed E-state index contributed by atoms with van der Waals surface area (Å²) in [7, 11) is 0. The Bertz CT molecular complexity index is 953. The normalized spacial score (nSPS) is 12.8. The van der Waals surface area contributed by atoms with Gasteiger partial charge in [0.25, 0.3) is 5.91 Å². The maximum atomic E-state index is 13.3. The molecule has 0 unspecified atom stereocenters. The van der Waals surface area contributed by atoms with Crippen LogP contribution in [0, 0.1) is 11.6 Å². The number of carbonyl (C=O) groups excluding carboxylic acids is 1. The van der Waals surface area contributed by atoms with Crippen LogP contribution in [0.15, 0.2) is 47.6 Å². The molecule has 0 aliphatic rings. The Morgan fingerprint density at radius 3 is 2.69 bits per heavy atom. The Morgan fingerprint density at radius 2 is 1.96 bits per heavy atom. The van der Waals surface area contributed by atoms with E-state index in [1.54, 1.807) is 13.8 Å². The number of carbonyl (C=O) groups is 1. The van der Waals surface area contributed by atoms with E-state index in [0.717, 1.165) is 22.3 Å². The monoisotopic (exact) mass is 374 g/mol. The van der Waals surface area contributed by atoms with Crippen molar-refractivity contribution in [2.24, 2.45) is 5.10 Å². The minimum absolute atomic E-state index is 0.365. The van der Waals surface area contributed by atoms with E-state index in [0.29, 0.717) is 16.4 Å². The smallest absolute Gasteiger partial charge is 0.262 e. The summed E-state index contributed by atoms with van der Waals surface area (Å²) < 4.78 is 27.3. The van der Waals surface area contributed by atoms with Crippen molar-refractivity contribution in [2.45, 2.75) is 19.9 Å². The largest absolute Gasteiger partial charge is 0.350 e. The second kappa shape index (κ2) is 7.57. The van der Waals surface area contributed by atoms with Crippen molar-refractivity contribution in [3.05, 3.63) is 59.7 Å². The van der Waals surface area contributed by atoms with Gasteiger partial charge in [-0.25, -0.2) is 19.2 Å². The van der Waals surface area contributed by atoms with Crippen LogP contribution in [0.3, 0.4) is 0 Å². The fraction of sp³-hybridized carbons (Fsp3) is 0.167. The predicted octanol–water partition coefficient (Wildman–Crippen LogP) is 3.92. The van der Waals surface area contributed by atoms with Crippen LogP contribution in [0.5, 0.6) is 0 Å². The fourth-order valence-corrected chi connectivity index (χ4v) is 3.16. The number of benzene rings is 2. The average molecular weight is 374 g/mol. The van der Waals surface area contributed by atoms with Gasteiger partial charge >= 0.3 is 0 Å². The standard InChI is InChI=1S/C18H16F2N4OS/c1-10(12-7-8-13(19)14(20)9-12)23-24-17(25)11(2)21-18-22-15-5-3-4-6-16(15)26-18/h3-9,11H,1-2H3,(H,21,22)(H,24,25)/b23-10-/t11-/m1/s1. The van der Waals surface area contributed by atoms with E-state index in [1.807, 2.05) is 24.3 Å². The highest BCUT2D eigenvalue weighted by atomic mass is 32.1. The number of rotatable bonds is 5. The van der Waals surface area contributed by atoms with Gasteiger partial charge in [0.05, 0.1) is 15.9 Å². The first kappa shape index (κ1) is 17.9. The van der Waals surface area contributed by atoms with E-state index >= 15 is 0 Å². The van der Waals surface area contributed by atoms with E-state index in [-0.39, 0.29) is 5.91 Å². The van der Waals surface area contributed by atoms with Crippen LogP contribution in [-0.4, -0.2) is 22.6 Å². The molecule has 2 aromatic carbocycles. The second-order valence-corrected chi connectivity index (χ2v) is 6.69. The lowest BCUT2D eigenvalue weighted by Crippen LogP contribution is -2.35. The number of para-hydroxylation sites is 1. The Kier molecular flexibility index (Phi) is 5.22. The summed E-state index contributed by atoms with van der Waals surface area (Å²) in [5.41, 5.74) is 4.03. The highest BCUT2D eigenvalue weighted by Crippen LogP contribution is 2.25. The van der Waals surface area contributed by atoms with Gasteiger partial charge in [-0.1, -0.05) is 23.5 Å². The molecule has 26 heavy (non-hydrogen) atoms. The third kappa shape index (κ3) is 4.02. The number of fused-ring (bicyclic) bond motifs is 1. The lowest BCUT2D eigenvalue weighted by Gasteiger charge is -2.11. The molecule has 2 N–H and O–H groups in total. The Balaban J connectivity index is 1.63. The molecule has 0 radical (unpaired) electrons. The Hall–Kier alpha value is -2.87.